The molecule has 5 rings (SSSR count). The highest BCUT2D eigenvalue weighted by Crippen LogP contribution is 2.31. The smallest absolute Gasteiger partial charge is 0.129 e. The van der Waals surface area contributed by atoms with E-state index in [1.807, 2.05) is 0 Å². The van der Waals surface area contributed by atoms with Crippen LogP contribution in [-0.4, -0.2) is 29.6 Å². The average molecular weight is 453 g/mol. The quantitative estimate of drug-likeness (QED) is 0.259. The monoisotopic (exact) mass is 452 g/mol. The standard InChI is InChI=1S/C30H36N4/c1-21-18-22(2)20-24(19-21)29-27(26-10-3-4-11-28(26)34-29)14-17-31-15-6-5-9-25-13-12-23-8-7-16-32-30(23)33-25/h3-4,10-13,18-20,31,34H,5-9,14-17H2,1-2H3,(H,32,33). The zero-order valence-electron chi connectivity index (χ0n) is 20.5. The van der Waals surface area contributed by atoms with Crippen molar-refractivity contribution in [1.82, 2.24) is 15.3 Å². The maximum absolute atomic E-state index is 4.83. The minimum absolute atomic E-state index is 0.987. The molecule has 0 bridgehead atoms. The molecule has 1 aliphatic rings. The Hall–Kier alpha value is -3.11. The molecule has 3 heterocycles. The van der Waals surface area contributed by atoms with Gasteiger partial charge in [-0.15, -0.1) is 0 Å². The fourth-order valence-electron chi connectivity index (χ4n) is 5.23. The highest BCUT2D eigenvalue weighted by molar-refractivity contribution is 5.91. The van der Waals surface area contributed by atoms with Gasteiger partial charge in [-0.1, -0.05) is 41.5 Å². The first-order valence-corrected chi connectivity index (χ1v) is 12.8. The topological polar surface area (TPSA) is 52.7 Å². The Labute approximate surface area is 203 Å². The van der Waals surface area contributed by atoms with E-state index in [4.69, 9.17) is 4.98 Å². The van der Waals surface area contributed by atoms with E-state index in [0.29, 0.717) is 0 Å². The summed E-state index contributed by atoms with van der Waals surface area (Å²) in [4.78, 5) is 8.52. The number of unbranched alkanes of at least 4 members (excludes halogenated alkanes) is 1. The van der Waals surface area contributed by atoms with Crippen LogP contribution in [0.4, 0.5) is 5.82 Å². The van der Waals surface area contributed by atoms with Crippen LogP contribution in [0.15, 0.2) is 54.6 Å². The molecule has 4 heteroatoms. The molecule has 2 aromatic carbocycles. The molecule has 0 saturated carbocycles. The molecular formula is C30H36N4. The van der Waals surface area contributed by atoms with Gasteiger partial charge in [0.2, 0.25) is 0 Å². The van der Waals surface area contributed by atoms with Crippen LogP contribution in [0.2, 0.25) is 0 Å². The Morgan fingerprint density at radius 1 is 0.912 bits per heavy atom. The van der Waals surface area contributed by atoms with E-state index in [0.717, 1.165) is 44.7 Å². The van der Waals surface area contributed by atoms with E-state index in [9.17, 15) is 0 Å². The van der Waals surface area contributed by atoms with Gasteiger partial charge in [0.05, 0.1) is 0 Å². The van der Waals surface area contributed by atoms with Crippen molar-refractivity contribution in [2.75, 3.05) is 25.0 Å². The van der Waals surface area contributed by atoms with Crippen LogP contribution in [0.1, 0.15) is 47.2 Å². The number of aryl methyl sites for hydroxylation is 4. The fraction of sp³-hybridized carbons (Fsp3) is 0.367. The number of anilines is 1. The van der Waals surface area contributed by atoms with Crippen LogP contribution in [0.3, 0.4) is 0 Å². The Bertz CT molecular complexity index is 1250. The van der Waals surface area contributed by atoms with Crippen LogP contribution in [0.5, 0.6) is 0 Å². The zero-order chi connectivity index (χ0) is 23.3. The zero-order valence-corrected chi connectivity index (χ0v) is 20.5. The number of hydrogen-bond donors (Lipinski definition) is 3. The highest BCUT2D eigenvalue weighted by Gasteiger charge is 2.13. The number of pyridine rings is 1. The van der Waals surface area contributed by atoms with Gasteiger partial charge in [-0.2, -0.15) is 0 Å². The van der Waals surface area contributed by atoms with E-state index in [-0.39, 0.29) is 0 Å². The van der Waals surface area contributed by atoms with E-state index in [1.165, 1.54) is 69.4 Å². The van der Waals surface area contributed by atoms with Crippen molar-refractivity contribution in [3.63, 3.8) is 0 Å². The molecule has 0 radical (unpaired) electrons. The molecule has 0 atom stereocenters. The number of para-hydroxylation sites is 1. The molecule has 0 spiro atoms. The van der Waals surface area contributed by atoms with Gasteiger partial charge in [-0.05, 0) is 106 Å². The van der Waals surface area contributed by atoms with Crippen LogP contribution in [0, 0.1) is 13.8 Å². The molecule has 2 aromatic heterocycles. The molecule has 0 unspecified atom stereocenters. The largest absolute Gasteiger partial charge is 0.370 e. The molecule has 0 aliphatic carbocycles. The second-order valence-corrected chi connectivity index (χ2v) is 9.70. The van der Waals surface area contributed by atoms with Crippen molar-refractivity contribution < 1.29 is 0 Å². The number of rotatable bonds is 9. The molecule has 0 fully saturated rings. The lowest BCUT2D eigenvalue weighted by Gasteiger charge is -2.17. The van der Waals surface area contributed by atoms with Crippen molar-refractivity contribution in [2.45, 2.75) is 52.4 Å². The van der Waals surface area contributed by atoms with Gasteiger partial charge >= 0.3 is 0 Å². The van der Waals surface area contributed by atoms with Crippen LogP contribution in [0.25, 0.3) is 22.2 Å². The molecule has 4 aromatic rings. The summed E-state index contributed by atoms with van der Waals surface area (Å²) in [6.45, 7) is 7.44. The maximum Gasteiger partial charge on any atom is 0.129 e. The van der Waals surface area contributed by atoms with Gasteiger partial charge in [0.1, 0.15) is 5.82 Å². The number of benzene rings is 2. The molecule has 0 saturated heterocycles. The van der Waals surface area contributed by atoms with Crippen molar-refractivity contribution in [1.29, 1.82) is 0 Å². The lowest BCUT2D eigenvalue weighted by molar-refractivity contribution is 0.620. The maximum atomic E-state index is 4.83. The third-order valence-electron chi connectivity index (χ3n) is 6.86. The molecule has 3 N–H and O–H groups in total. The van der Waals surface area contributed by atoms with Crippen molar-refractivity contribution >= 4 is 16.7 Å². The third kappa shape index (κ3) is 5.18. The summed E-state index contributed by atoms with van der Waals surface area (Å²) < 4.78 is 0. The minimum atomic E-state index is 0.987. The van der Waals surface area contributed by atoms with Crippen LogP contribution in [-0.2, 0) is 19.3 Å². The Morgan fingerprint density at radius 3 is 2.65 bits per heavy atom. The van der Waals surface area contributed by atoms with E-state index < -0.39 is 0 Å². The predicted molar refractivity (Wildman–Crippen MR) is 144 cm³/mol. The number of nitrogens with one attached hydrogen (secondary N) is 3. The van der Waals surface area contributed by atoms with Crippen molar-refractivity contribution in [2.24, 2.45) is 0 Å². The molecule has 4 nitrogen and oxygen atoms in total. The Balaban J connectivity index is 1.16. The molecule has 34 heavy (non-hydrogen) atoms. The van der Waals surface area contributed by atoms with Crippen molar-refractivity contribution in [3.8, 4) is 11.3 Å². The SMILES string of the molecule is Cc1cc(C)cc(-c2[nH]c3ccccc3c2CCNCCCCc2ccc3c(n2)NCCC3)c1. The number of H-pyrrole nitrogens is 1. The number of fused-ring (bicyclic) bond motifs is 2. The van der Waals surface area contributed by atoms with Crippen LogP contribution >= 0.6 is 0 Å². The van der Waals surface area contributed by atoms with Gasteiger partial charge in [0.25, 0.3) is 0 Å². The first-order valence-electron chi connectivity index (χ1n) is 12.8. The first kappa shape index (κ1) is 22.7. The summed E-state index contributed by atoms with van der Waals surface area (Å²) in [7, 11) is 0. The first-order chi connectivity index (χ1) is 16.7. The predicted octanol–water partition coefficient (Wildman–Crippen LogP) is 6.36. The Morgan fingerprint density at radius 2 is 1.76 bits per heavy atom. The van der Waals surface area contributed by atoms with Gasteiger partial charge in [-0.25, -0.2) is 4.98 Å². The number of aromatic nitrogens is 2. The number of hydrogen-bond acceptors (Lipinski definition) is 3. The summed E-state index contributed by atoms with van der Waals surface area (Å²) in [5.74, 6) is 1.11. The summed E-state index contributed by atoms with van der Waals surface area (Å²) in [5.41, 5.74) is 10.4. The molecule has 1 aliphatic heterocycles. The van der Waals surface area contributed by atoms with Gasteiger partial charge < -0.3 is 15.6 Å². The lowest BCUT2D eigenvalue weighted by atomic mass is 9.99. The second kappa shape index (κ2) is 10.4. The highest BCUT2D eigenvalue weighted by atomic mass is 15.0. The van der Waals surface area contributed by atoms with E-state index in [1.54, 1.807) is 0 Å². The number of aromatic amines is 1. The van der Waals surface area contributed by atoms with Crippen molar-refractivity contribution in [3.05, 3.63) is 82.5 Å². The minimum Gasteiger partial charge on any atom is -0.370 e. The fourth-order valence-corrected chi connectivity index (χ4v) is 5.23. The lowest BCUT2D eigenvalue weighted by Crippen LogP contribution is -2.19. The van der Waals surface area contributed by atoms with E-state index >= 15 is 0 Å². The van der Waals surface area contributed by atoms with E-state index in [2.05, 4.69) is 84.1 Å². The van der Waals surface area contributed by atoms with Gasteiger partial charge in [0, 0.05) is 28.8 Å². The summed E-state index contributed by atoms with van der Waals surface area (Å²) in [6.07, 6.45) is 6.77. The summed E-state index contributed by atoms with van der Waals surface area (Å²) in [6, 6.07) is 20.0. The third-order valence-corrected chi connectivity index (χ3v) is 6.86. The summed E-state index contributed by atoms with van der Waals surface area (Å²) in [5, 5.41) is 8.46. The summed E-state index contributed by atoms with van der Waals surface area (Å²) >= 11 is 0. The van der Waals surface area contributed by atoms with Gasteiger partial charge in [0.15, 0.2) is 0 Å². The van der Waals surface area contributed by atoms with Crippen LogP contribution < -0.4 is 10.6 Å². The Kier molecular flexibility index (Phi) is 6.96. The normalized spacial score (nSPS) is 13.1. The molecular weight excluding hydrogens is 416 g/mol. The second-order valence-electron chi connectivity index (χ2n) is 9.70. The molecule has 176 valence electrons. The molecule has 0 amide bonds. The average Bonchev–Trinajstić information content (AvgIpc) is 3.21. The number of nitrogens with zero attached hydrogens (tertiary/aromatic N) is 1. The van der Waals surface area contributed by atoms with Gasteiger partial charge in [-0.3, -0.25) is 0 Å².